The predicted octanol–water partition coefficient (Wildman–Crippen LogP) is 0.266. The lowest BCUT2D eigenvalue weighted by Gasteiger charge is -2.18. The Hall–Kier alpha value is -1.84. The molecule has 0 bridgehead atoms. The lowest BCUT2D eigenvalue weighted by Crippen LogP contribution is -2.39. The van der Waals surface area contributed by atoms with Gasteiger partial charge in [0.05, 0.1) is 22.8 Å². The Balaban J connectivity index is 2.80. The maximum atomic E-state index is 12.2. The highest BCUT2D eigenvalue weighted by molar-refractivity contribution is 7.14. The van der Waals surface area contributed by atoms with E-state index >= 15 is 0 Å². The first kappa shape index (κ1) is 15.2. The number of nitrogens with zero attached hydrogens (tertiary/aromatic N) is 1. The fourth-order valence-corrected chi connectivity index (χ4v) is 2.24. The number of hydrogen-bond acceptors (Lipinski definition) is 4. The zero-order valence-corrected chi connectivity index (χ0v) is 11.8. The largest absolute Gasteiger partial charge is 0.358 e. The molecule has 0 radical (unpaired) electrons. The van der Waals surface area contributed by atoms with E-state index < -0.39 is 0 Å². The topological polar surface area (TPSA) is 75.4 Å². The number of carbonyl (C=O) groups is 2. The normalized spacial score (nSPS) is 9.42. The Labute approximate surface area is 116 Å². The summed E-state index contributed by atoms with van der Waals surface area (Å²) in [7, 11) is 1.55. The molecule has 0 fully saturated rings. The quantitative estimate of drug-likeness (QED) is 0.777. The van der Waals surface area contributed by atoms with Gasteiger partial charge < -0.3 is 16.0 Å². The fourth-order valence-electron chi connectivity index (χ4n) is 1.39. The van der Waals surface area contributed by atoms with Gasteiger partial charge in [-0.1, -0.05) is 11.8 Å². The van der Waals surface area contributed by atoms with Crippen molar-refractivity contribution >= 4 is 23.2 Å². The number of thiophene rings is 1. The summed E-state index contributed by atoms with van der Waals surface area (Å²) in [4.78, 5) is 26.4. The van der Waals surface area contributed by atoms with Gasteiger partial charge in [0.15, 0.2) is 0 Å². The number of amides is 2. The molecular weight excluding hydrogens is 262 g/mol. The van der Waals surface area contributed by atoms with Crippen molar-refractivity contribution in [1.82, 2.24) is 10.2 Å². The molecule has 0 saturated heterocycles. The monoisotopic (exact) mass is 279 g/mol. The number of hydrogen-bond donors (Lipinski definition) is 2. The Morgan fingerprint density at radius 1 is 1.47 bits per heavy atom. The maximum Gasteiger partial charge on any atom is 0.264 e. The lowest BCUT2D eigenvalue weighted by atomic mass is 10.3. The van der Waals surface area contributed by atoms with Crippen LogP contribution in [0, 0.1) is 11.8 Å². The second kappa shape index (κ2) is 7.56. The molecule has 0 atom stereocenters. The minimum Gasteiger partial charge on any atom is -0.358 e. The molecule has 102 valence electrons. The molecule has 0 aliphatic carbocycles. The number of rotatable bonds is 4. The molecule has 0 unspecified atom stereocenters. The average molecular weight is 279 g/mol. The summed E-state index contributed by atoms with van der Waals surface area (Å²) >= 11 is 1.31. The smallest absolute Gasteiger partial charge is 0.264 e. The lowest BCUT2D eigenvalue weighted by molar-refractivity contribution is -0.121. The third-order valence-corrected chi connectivity index (χ3v) is 3.40. The van der Waals surface area contributed by atoms with Gasteiger partial charge in [-0.25, -0.2) is 0 Å². The molecular formula is C13H17N3O2S. The Morgan fingerprint density at radius 3 is 2.79 bits per heavy atom. The third-order valence-electron chi connectivity index (χ3n) is 2.41. The summed E-state index contributed by atoms with van der Waals surface area (Å²) in [5.41, 5.74) is 5.29. The zero-order chi connectivity index (χ0) is 14.3. The molecule has 0 aromatic carbocycles. The van der Waals surface area contributed by atoms with E-state index in [0.717, 1.165) is 4.88 Å². The van der Waals surface area contributed by atoms with Gasteiger partial charge >= 0.3 is 0 Å². The number of nitrogens with one attached hydrogen (secondary N) is 1. The van der Waals surface area contributed by atoms with Crippen LogP contribution in [0.2, 0.25) is 0 Å². The van der Waals surface area contributed by atoms with Crippen LogP contribution in [-0.2, 0) is 4.79 Å². The summed E-state index contributed by atoms with van der Waals surface area (Å²) in [5, 5.41) is 2.50. The van der Waals surface area contributed by atoms with Crippen LogP contribution in [0.1, 0.15) is 21.5 Å². The van der Waals surface area contributed by atoms with Crippen LogP contribution in [-0.4, -0.2) is 43.4 Å². The van der Waals surface area contributed by atoms with Crippen LogP contribution in [0.25, 0.3) is 0 Å². The first-order valence-electron chi connectivity index (χ1n) is 5.91. The second-order valence-corrected chi connectivity index (χ2v) is 4.75. The van der Waals surface area contributed by atoms with Gasteiger partial charge in [0.1, 0.15) is 0 Å². The highest BCUT2D eigenvalue weighted by Crippen LogP contribution is 2.17. The molecule has 1 heterocycles. The maximum absolute atomic E-state index is 12.2. The van der Waals surface area contributed by atoms with Crippen molar-refractivity contribution in [2.24, 2.45) is 5.73 Å². The minimum absolute atomic E-state index is 0.0630. The Kier molecular flexibility index (Phi) is 6.06. The molecule has 0 spiro atoms. The standard InChI is InChI=1S/C13H17N3O2S/c1-3-16(9-12(17)15-2)13(18)11-7-6-10(19-11)5-4-8-14/h6-7H,3,8-9,14H2,1-2H3,(H,15,17). The van der Waals surface area contributed by atoms with Crippen LogP contribution in [0.3, 0.4) is 0 Å². The van der Waals surface area contributed by atoms with Gasteiger partial charge in [0.2, 0.25) is 5.91 Å². The number of carbonyl (C=O) groups excluding carboxylic acids is 2. The molecule has 1 aromatic rings. The van der Waals surface area contributed by atoms with E-state index in [9.17, 15) is 9.59 Å². The van der Waals surface area contributed by atoms with Crippen LogP contribution < -0.4 is 11.1 Å². The van der Waals surface area contributed by atoms with Gasteiger partial charge in [0, 0.05) is 13.6 Å². The molecule has 0 saturated carbocycles. The van der Waals surface area contributed by atoms with E-state index in [1.807, 2.05) is 6.92 Å². The Morgan fingerprint density at radius 2 is 2.21 bits per heavy atom. The van der Waals surface area contributed by atoms with Gasteiger partial charge in [-0.05, 0) is 19.1 Å². The van der Waals surface area contributed by atoms with E-state index in [2.05, 4.69) is 17.2 Å². The third kappa shape index (κ3) is 4.39. The van der Waals surface area contributed by atoms with Crippen molar-refractivity contribution in [2.45, 2.75) is 6.92 Å². The van der Waals surface area contributed by atoms with Gasteiger partial charge in [0.25, 0.3) is 5.91 Å². The highest BCUT2D eigenvalue weighted by atomic mass is 32.1. The molecule has 0 aliphatic heterocycles. The minimum atomic E-state index is -0.185. The molecule has 19 heavy (non-hydrogen) atoms. The molecule has 3 N–H and O–H groups in total. The van der Waals surface area contributed by atoms with Crippen molar-refractivity contribution < 1.29 is 9.59 Å². The zero-order valence-electron chi connectivity index (χ0n) is 11.0. The van der Waals surface area contributed by atoms with E-state index in [1.165, 1.54) is 16.2 Å². The SMILES string of the molecule is CCN(CC(=O)NC)C(=O)c1ccc(C#CCN)s1. The highest BCUT2D eigenvalue weighted by Gasteiger charge is 2.18. The molecule has 0 aliphatic rings. The molecule has 6 heteroatoms. The molecule has 2 amide bonds. The molecule has 5 nitrogen and oxygen atoms in total. The average Bonchev–Trinajstić information content (AvgIpc) is 2.90. The van der Waals surface area contributed by atoms with Crippen molar-refractivity contribution in [2.75, 3.05) is 26.7 Å². The van der Waals surface area contributed by atoms with Gasteiger partial charge in [-0.2, -0.15) is 0 Å². The first-order chi connectivity index (χ1) is 9.12. The van der Waals surface area contributed by atoms with Gasteiger partial charge in [-0.3, -0.25) is 9.59 Å². The summed E-state index contributed by atoms with van der Waals surface area (Å²) in [6.45, 7) is 2.67. The first-order valence-corrected chi connectivity index (χ1v) is 6.72. The van der Waals surface area contributed by atoms with Crippen LogP contribution in [0.4, 0.5) is 0 Å². The van der Waals surface area contributed by atoms with Crippen LogP contribution in [0.5, 0.6) is 0 Å². The van der Waals surface area contributed by atoms with Crippen molar-refractivity contribution in [3.63, 3.8) is 0 Å². The predicted molar refractivity (Wildman–Crippen MR) is 75.9 cm³/mol. The van der Waals surface area contributed by atoms with E-state index in [4.69, 9.17) is 5.73 Å². The summed E-state index contributed by atoms with van der Waals surface area (Å²) in [6.07, 6.45) is 0. The Bertz CT molecular complexity index is 513. The van der Waals surface area contributed by atoms with Crippen molar-refractivity contribution in [3.05, 3.63) is 21.9 Å². The summed E-state index contributed by atoms with van der Waals surface area (Å²) in [6, 6.07) is 3.51. The van der Waals surface area contributed by atoms with E-state index in [0.29, 0.717) is 18.0 Å². The van der Waals surface area contributed by atoms with Crippen molar-refractivity contribution in [3.8, 4) is 11.8 Å². The van der Waals surface area contributed by atoms with Crippen molar-refractivity contribution in [1.29, 1.82) is 0 Å². The van der Waals surface area contributed by atoms with E-state index in [-0.39, 0.29) is 18.4 Å². The molecule has 1 rings (SSSR count). The van der Waals surface area contributed by atoms with Crippen LogP contribution in [0.15, 0.2) is 12.1 Å². The number of nitrogens with two attached hydrogens (primary N) is 1. The van der Waals surface area contributed by atoms with E-state index in [1.54, 1.807) is 19.2 Å². The van der Waals surface area contributed by atoms with Gasteiger partial charge in [-0.15, -0.1) is 11.3 Å². The summed E-state index contributed by atoms with van der Waals surface area (Å²) < 4.78 is 0. The number of likely N-dealkylation sites (N-methyl/N-ethyl adjacent to an activating group) is 2. The second-order valence-electron chi connectivity index (χ2n) is 3.66. The summed E-state index contributed by atoms with van der Waals surface area (Å²) in [5.74, 6) is 5.28. The van der Waals surface area contributed by atoms with Crippen LogP contribution >= 0.6 is 11.3 Å². The molecule has 1 aromatic heterocycles. The fraction of sp³-hybridized carbons (Fsp3) is 0.385.